The van der Waals surface area contributed by atoms with Gasteiger partial charge in [-0.15, -0.1) is 0 Å². The lowest BCUT2D eigenvalue weighted by molar-refractivity contribution is -0.162. The molecule has 0 aromatic rings. The van der Waals surface area contributed by atoms with Crippen LogP contribution in [0.5, 0.6) is 0 Å². The first-order chi connectivity index (χ1) is 7.38. The molecule has 0 heterocycles. The molecule has 7 nitrogen and oxygen atoms in total. The van der Waals surface area contributed by atoms with Gasteiger partial charge in [0.05, 0.1) is 7.11 Å². The Hall–Kier alpha value is -0.880. The van der Waals surface area contributed by atoms with Gasteiger partial charge in [-0.25, -0.2) is 9.63 Å². The first-order valence-corrected chi connectivity index (χ1v) is 5.75. The van der Waals surface area contributed by atoms with E-state index in [2.05, 4.69) is 13.9 Å². The average Bonchev–Trinajstić information content (AvgIpc) is 2.27. The fourth-order valence-electron chi connectivity index (χ4n) is 0.707. The van der Waals surface area contributed by atoms with Crippen molar-refractivity contribution in [1.82, 2.24) is 5.06 Å². The number of hydroxylamine groups is 2. The standard InChI is InChI=1S/C8H16NO6P/c1-7(6-8(10)9(2)12-3)15-16(11,13-4)14-5/h6H,1-5H3/b7-6-. The number of hydrogen-bond acceptors (Lipinski definition) is 6. The highest BCUT2D eigenvalue weighted by atomic mass is 31.2. The van der Waals surface area contributed by atoms with E-state index in [-0.39, 0.29) is 5.76 Å². The molecular weight excluding hydrogens is 237 g/mol. The molecule has 0 spiro atoms. The molecule has 0 unspecified atom stereocenters. The molecule has 8 heteroatoms. The van der Waals surface area contributed by atoms with Gasteiger partial charge in [0.1, 0.15) is 5.76 Å². The molecule has 0 saturated carbocycles. The van der Waals surface area contributed by atoms with E-state index in [1.807, 2.05) is 0 Å². The van der Waals surface area contributed by atoms with Gasteiger partial charge in [-0.05, 0) is 6.92 Å². The molecule has 0 rings (SSSR count). The lowest BCUT2D eigenvalue weighted by Crippen LogP contribution is -2.23. The van der Waals surface area contributed by atoms with E-state index in [1.54, 1.807) is 0 Å². The summed E-state index contributed by atoms with van der Waals surface area (Å²) in [4.78, 5) is 16.0. The van der Waals surface area contributed by atoms with Crippen LogP contribution in [0.3, 0.4) is 0 Å². The average molecular weight is 253 g/mol. The molecule has 0 aliphatic carbocycles. The minimum absolute atomic E-state index is 0.0981. The predicted molar refractivity (Wildman–Crippen MR) is 56.2 cm³/mol. The molecule has 0 aliphatic heterocycles. The third-order valence-corrected chi connectivity index (χ3v) is 3.02. The van der Waals surface area contributed by atoms with Gasteiger partial charge in [0, 0.05) is 27.3 Å². The smallest absolute Gasteiger partial charge is 0.409 e. The zero-order valence-corrected chi connectivity index (χ0v) is 10.8. The van der Waals surface area contributed by atoms with E-state index in [1.165, 1.54) is 35.3 Å². The minimum atomic E-state index is -3.61. The van der Waals surface area contributed by atoms with Crippen LogP contribution in [0.1, 0.15) is 6.92 Å². The number of likely N-dealkylation sites (N-methyl/N-ethyl adjacent to an activating group) is 1. The molecule has 0 fully saturated rings. The molecule has 16 heavy (non-hydrogen) atoms. The number of carbonyl (C=O) groups is 1. The summed E-state index contributed by atoms with van der Waals surface area (Å²) < 4.78 is 25.5. The van der Waals surface area contributed by atoms with Crippen LogP contribution in [0.2, 0.25) is 0 Å². The third kappa shape index (κ3) is 4.76. The number of phosphoric acid groups is 1. The number of nitrogens with zero attached hydrogens (tertiary/aromatic N) is 1. The van der Waals surface area contributed by atoms with Crippen LogP contribution in [-0.2, 0) is 27.8 Å². The molecule has 1 amide bonds. The third-order valence-electron chi connectivity index (χ3n) is 1.61. The first kappa shape index (κ1) is 15.1. The lowest BCUT2D eigenvalue weighted by Gasteiger charge is -2.15. The zero-order valence-electron chi connectivity index (χ0n) is 9.92. The van der Waals surface area contributed by atoms with Crippen LogP contribution in [0.4, 0.5) is 0 Å². The van der Waals surface area contributed by atoms with Crippen molar-refractivity contribution >= 4 is 13.7 Å². The molecule has 0 atom stereocenters. The van der Waals surface area contributed by atoms with E-state index in [9.17, 15) is 9.36 Å². The van der Waals surface area contributed by atoms with Crippen molar-refractivity contribution in [2.75, 3.05) is 28.4 Å². The number of amides is 1. The monoisotopic (exact) mass is 253 g/mol. The van der Waals surface area contributed by atoms with Crippen LogP contribution in [0.15, 0.2) is 11.8 Å². The topological polar surface area (TPSA) is 74.3 Å². The van der Waals surface area contributed by atoms with E-state index < -0.39 is 13.7 Å². The van der Waals surface area contributed by atoms with Crippen LogP contribution >= 0.6 is 7.82 Å². The number of rotatable bonds is 6. The Morgan fingerprint density at radius 3 is 2.12 bits per heavy atom. The van der Waals surface area contributed by atoms with Crippen LogP contribution in [0.25, 0.3) is 0 Å². The molecular formula is C8H16NO6P. The fourth-order valence-corrected chi connectivity index (χ4v) is 1.41. The van der Waals surface area contributed by atoms with E-state index in [0.29, 0.717) is 0 Å². The molecule has 94 valence electrons. The highest BCUT2D eigenvalue weighted by Gasteiger charge is 2.24. The summed E-state index contributed by atoms with van der Waals surface area (Å²) in [5.74, 6) is -0.361. The SMILES string of the molecule is CON(C)C(=O)/C=C(/C)OP(=O)(OC)OC. The van der Waals surface area contributed by atoms with Crippen molar-refractivity contribution in [2.45, 2.75) is 6.92 Å². The van der Waals surface area contributed by atoms with Crippen LogP contribution < -0.4 is 0 Å². The maximum Gasteiger partial charge on any atom is 0.529 e. The second kappa shape index (κ2) is 6.65. The molecule has 0 aromatic carbocycles. The van der Waals surface area contributed by atoms with Gasteiger partial charge in [-0.1, -0.05) is 0 Å². The largest absolute Gasteiger partial charge is 0.529 e. The summed E-state index contributed by atoms with van der Waals surface area (Å²) in [6.07, 6.45) is 1.11. The normalized spacial score (nSPS) is 12.4. The maximum absolute atomic E-state index is 11.5. The summed E-state index contributed by atoms with van der Waals surface area (Å²) in [5.41, 5.74) is 0. The summed E-state index contributed by atoms with van der Waals surface area (Å²) in [5, 5.41) is 0.984. The van der Waals surface area contributed by atoms with E-state index in [0.717, 1.165) is 11.1 Å². The second-order valence-electron chi connectivity index (χ2n) is 2.68. The van der Waals surface area contributed by atoms with Gasteiger partial charge in [0.2, 0.25) is 0 Å². The van der Waals surface area contributed by atoms with Crippen LogP contribution in [-0.4, -0.2) is 39.3 Å². The molecule has 0 saturated heterocycles. The lowest BCUT2D eigenvalue weighted by atomic mass is 10.4. The van der Waals surface area contributed by atoms with Crippen molar-refractivity contribution in [1.29, 1.82) is 0 Å². The highest BCUT2D eigenvalue weighted by Crippen LogP contribution is 2.49. The quantitative estimate of drug-likeness (QED) is 0.307. The number of hydrogen-bond donors (Lipinski definition) is 0. The molecule has 0 N–H and O–H groups in total. The van der Waals surface area contributed by atoms with Crippen molar-refractivity contribution in [3.63, 3.8) is 0 Å². The fraction of sp³-hybridized carbons (Fsp3) is 0.625. The second-order valence-corrected chi connectivity index (χ2v) is 4.48. The molecule has 0 aliphatic rings. The van der Waals surface area contributed by atoms with E-state index >= 15 is 0 Å². The van der Waals surface area contributed by atoms with E-state index in [4.69, 9.17) is 4.52 Å². The number of allylic oxidation sites excluding steroid dienone is 1. The Bertz CT molecular complexity index is 308. The zero-order chi connectivity index (χ0) is 12.8. The first-order valence-electron chi connectivity index (χ1n) is 4.29. The summed E-state index contributed by atoms with van der Waals surface area (Å²) in [6.45, 7) is 1.45. The number of carbonyl (C=O) groups excluding carboxylic acids is 1. The summed E-state index contributed by atoms with van der Waals surface area (Å²) >= 11 is 0. The van der Waals surface area contributed by atoms with Crippen molar-refractivity contribution in [2.24, 2.45) is 0 Å². The Morgan fingerprint density at radius 1 is 1.25 bits per heavy atom. The Labute approximate surface area is 94.5 Å². The van der Waals surface area contributed by atoms with Crippen molar-refractivity contribution < 1.29 is 27.8 Å². The highest BCUT2D eigenvalue weighted by molar-refractivity contribution is 7.48. The van der Waals surface area contributed by atoms with Gasteiger partial charge >= 0.3 is 7.82 Å². The van der Waals surface area contributed by atoms with Crippen molar-refractivity contribution in [3.8, 4) is 0 Å². The van der Waals surface area contributed by atoms with Gasteiger partial charge in [-0.3, -0.25) is 18.7 Å². The number of phosphoric ester groups is 1. The van der Waals surface area contributed by atoms with Gasteiger partial charge in [0.15, 0.2) is 0 Å². The molecule has 0 bridgehead atoms. The Morgan fingerprint density at radius 2 is 1.75 bits per heavy atom. The van der Waals surface area contributed by atoms with Gasteiger partial charge in [0.25, 0.3) is 5.91 Å². The predicted octanol–water partition coefficient (Wildman–Crippen LogP) is 1.33. The Kier molecular flexibility index (Phi) is 6.28. The Balaban J connectivity index is 4.57. The molecule has 0 radical (unpaired) electrons. The molecule has 0 aromatic heterocycles. The minimum Gasteiger partial charge on any atom is -0.409 e. The maximum atomic E-state index is 11.5. The van der Waals surface area contributed by atoms with Gasteiger partial charge < -0.3 is 4.52 Å². The van der Waals surface area contributed by atoms with Gasteiger partial charge in [-0.2, -0.15) is 0 Å². The summed E-state index contributed by atoms with van der Waals surface area (Å²) in [6, 6.07) is 0. The summed E-state index contributed by atoms with van der Waals surface area (Å²) in [7, 11) is 1.52. The van der Waals surface area contributed by atoms with Crippen LogP contribution in [0, 0.1) is 0 Å². The van der Waals surface area contributed by atoms with Crippen molar-refractivity contribution in [3.05, 3.63) is 11.8 Å².